The highest BCUT2D eigenvalue weighted by molar-refractivity contribution is 5.84. The van der Waals surface area contributed by atoms with Gasteiger partial charge in [0.15, 0.2) is 0 Å². The minimum atomic E-state index is -3.06. The number of carbonyl (C=O) groups excluding carboxylic acids is 1. The van der Waals surface area contributed by atoms with E-state index in [2.05, 4.69) is 9.97 Å². The molecule has 2 fully saturated rings. The zero-order valence-electron chi connectivity index (χ0n) is 32.2. The Morgan fingerprint density at radius 1 is 0.797 bits per heavy atom. The van der Waals surface area contributed by atoms with E-state index in [4.69, 9.17) is 14.2 Å². The summed E-state index contributed by atoms with van der Waals surface area (Å²) in [6.07, 6.45) is 3.18. The Balaban J connectivity index is 1.04. The summed E-state index contributed by atoms with van der Waals surface area (Å²) in [5, 5.41) is 0.467. The van der Waals surface area contributed by atoms with Crippen LogP contribution in [0.1, 0.15) is 27.8 Å². The molecule has 1 unspecified atom stereocenters. The van der Waals surface area contributed by atoms with Gasteiger partial charge in [-0.3, -0.25) is 19.1 Å². The van der Waals surface area contributed by atoms with Gasteiger partial charge in [-0.1, -0.05) is 103 Å². The largest absolute Gasteiger partial charge is 0.447 e. The van der Waals surface area contributed by atoms with Gasteiger partial charge in [0.2, 0.25) is 5.95 Å². The molecule has 11 nitrogen and oxygen atoms in total. The first-order valence-electron chi connectivity index (χ1n) is 19.4. The van der Waals surface area contributed by atoms with Crippen LogP contribution in [0.15, 0.2) is 145 Å². The first-order valence-corrected chi connectivity index (χ1v) is 19.4. The zero-order valence-corrected chi connectivity index (χ0v) is 32.2. The summed E-state index contributed by atoms with van der Waals surface area (Å²) in [4.78, 5) is 38.6. The molecule has 1 atom stereocenters. The summed E-state index contributed by atoms with van der Waals surface area (Å²) in [7, 11) is 1.65. The van der Waals surface area contributed by atoms with Crippen molar-refractivity contribution in [3.8, 4) is 16.9 Å². The van der Waals surface area contributed by atoms with Gasteiger partial charge in [0.25, 0.3) is 5.56 Å². The van der Waals surface area contributed by atoms with Crippen LogP contribution < -0.4 is 15.2 Å². The monoisotopic (exact) mass is 794 g/mol. The normalized spacial score (nSPS) is 15.5. The Labute approximate surface area is 338 Å². The number of benzene rings is 5. The highest BCUT2D eigenvalue weighted by atomic mass is 19.3. The van der Waals surface area contributed by atoms with Crippen molar-refractivity contribution in [3.05, 3.63) is 178 Å². The molecule has 0 saturated carbocycles. The van der Waals surface area contributed by atoms with Crippen LogP contribution in [0, 0.1) is 0 Å². The Bertz CT molecular complexity index is 2560. The fraction of sp³-hybridized carbons (Fsp3) is 0.217. The molecule has 2 aliphatic rings. The third-order valence-corrected chi connectivity index (χ3v) is 11.2. The molecule has 5 aromatic carbocycles. The molecule has 59 heavy (non-hydrogen) atoms. The number of rotatable bonds is 12. The number of alkyl halides is 2. The Morgan fingerprint density at radius 3 is 2.07 bits per heavy atom. The lowest BCUT2D eigenvalue weighted by Crippen LogP contribution is -2.52. The maximum absolute atomic E-state index is 13.9. The lowest BCUT2D eigenvalue weighted by molar-refractivity contribution is -0.0505. The smallest absolute Gasteiger partial charge is 0.410 e. The van der Waals surface area contributed by atoms with Crippen LogP contribution in [0.4, 0.5) is 19.5 Å². The van der Waals surface area contributed by atoms with Gasteiger partial charge in [0.1, 0.15) is 18.0 Å². The molecule has 2 saturated heterocycles. The molecule has 0 N–H and O–H groups in total. The average Bonchev–Trinajstić information content (AvgIpc) is 3.76. The van der Waals surface area contributed by atoms with Gasteiger partial charge in [-0.15, -0.1) is 0 Å². The molecular formula is C46H40F2N6O5. The van der Waals surface area contributed by atoms with Gasteiger partial charge in [-0.25, -0.2) is 14.8 Å². The maximum Gasteiger partial charge on any atom is 0.410 e. The Kier molecular flexibility index (Phi) is 10.1. The Hall–Kier alpha value is -6.86. The fourth-order valence-electron chi connectivity index (χ4n) is 8.22. The van der Waals surface area contributed by atoms with Crippen LogP contribution in [0.5, 0.6) is 5.75 Å². The van der Waals surface area contributed by atoms with Crippen molar-refractivity contribution in [3.63, 3.8) is 0 Å². The summed E-state index contributed by atoms with van der Waals surface area (Å²) in [5.41, 5.74) is 4.82. The molecule has 2 aromatic heterocycles. The lowest BCUT2D eigenvalue weighted by atomic mass is 9.80. The Morgan fingerprint density at radius 2 is 1.44 bits per heavy atom. The summed E-state index contributed by atoms with van der Waals surface area (Å²) in [6.45, 7) is -0.851. The number of aromatic nitrogens is 4. The standard InChI is InChI=1S/C46H40F2N6O5/c1-51-42(55)39-19-18-32(34-25-49-44(50-26-34)52-21-22-53-38(28-52)30-57-45(53)56)24-40(39)54(51)27-33-23-31(17-20-41(33)59-43(47)48)29-58-46(35-11-5-2-6-12-35,36-13-7-3-8-14-36)37-15-9-4-10-16-37/h2-20,23-26,38,43H,21-22,27-30H2,1H3. The van der Waals surface area contributed by atoms with Crippen LogP contribution in [-0.2, 0) is 35.3 Å². The topological polar surface area (TPSA) is 104 Å². The third-order valence-electron chi connectivity index (χ3n) is 11.2. The van der Waals surface area contributed by atoms with Crippen molar-refractivity contribution in [2.45, 2.75) is 31.4 Å². The van der Waals surface area contributed by atoms with Gasteiger partial charge in [0.05, 0.1) is 30.1 Å². The zero-order chi connectivity index (χ0) is 40.5. The van der Waals surface area contributed by atoms with E-state index >= 15 is 0 Å². The number of halogens is 2. The highest BCUT2D eigenvalue weighted by Gasteiger charge is 2.39. The van der Waals surface area contributed by atoms with Gasteiger partial charge in [0, 0.05) is 50.2 Å². The van der Waals surface area contributed by atoms with Crippen molar-refractivity contribution in [1.29, 1.82) is 0 Å². The molecule has 0 spiro atoms. The van der Waals surface area contributed by atoms with E-state index in [1.165, 1.54) is 10.7 Å². The molecular weight excluding hydrogens is 755 g/mol. The number of amides is 1. The number of piperazine rings is 1. The molecule has 0 aliphatic carbocycles. The molecule has 2 aliphatic heterocycles. The number of ether oxygens (including phenoxy) is 3. The van der Waals surface area contributed by atoms with Crippen molar-refractivity contribution < 1.29 is 27.8 Å². The number of cyclic esters (lactones) is 1. The number of hydrogen-bond donors (Lipinski definition) is 0. The first-order chi connectivity index (χ1) is 28.8. The average molecular weight is 795 g/mol. The minimum absolute atomic E-state index is 0.00648. The minimum Gasteiger partial charge on any atom is -0.447 e. The molecule has 13 heteroatoms. The van der Waals surface area contributed by atoms with E-state index in [-0.39, 0.29) is 36.6 Å². The van der Waals surface area contributed by atoms with Gasteiger partial charge < -0.3 is 19.1 Å². The predicted octanol–water partition coefficient (Wildman–Crippen LogP) is 7.60. The molecule has 298 valence electrons. The predicted molar refractivity (Wildman–Crippen MR) is 218 cm³/mol. The van der Waals surface area contributed by atoms with E-state index in [1.54, 1.807) is 47.2 Å². The second-order valence-corrected chi connectivity index (χ2v) is 14.6. The highest BCUT2D eigenvalue weighted by Crippen LogP contribution is 2.41. The number of nitrogens with zero attached hydrogens (tertiary/aromatic N) is 6. The first kappa shape index (κ1) is 37.7. The lowest BCUT2D eigenvalue weighted by Gasteiger charge is -2.36. The van der Waals surface area contributed by atoms with Gasteiger partial charge in [-0.05, 0) is 52.1 Å². The van der Waals surface area contributed by atoms with Crippen molar-refractivity contribution in [2.75, 3.05) is 31.1 Å². The number of fused-ring (bicyclic) bond motifs is 2. The van der Waals surface area contributed by atoms with Crippen LogP contribution in [-0.4, -0.2) is 69.2 Å². The van der Waals surface area contributed by atoms with Gasteiger partial charge in [-0.2, -0.15) is 8.78 Å². The van der Waals surface area contributed by atoms with Gasteiger partial charge >= 0.3 is 12.7 Å². The quantitative estimate of drug-likeness (QED) is 0.117. The van der Waals surface area contributed by atoms with E-state index in [0.29, 0.717) is 48.7 Å². The molecule has 1 amide bonds. The summed E-state index contributed by atoms with van der Waals surface area (Å²) in [5.74, 6) is 0.544. The van der Waals surface area contributed by atoms with Crippen molar-refractivity contribution in [1.82, 2.24) is 24.2 Å². The summed E-state index contributed by atoms with van der Waals surface area (Å²) in [6, 6.07) is 40.5. The number of hydrogen-bond acceptors (Lipinski definition) is 8. The SMILES string of the molecule is Cn1c(=O)c2ccc(-c3cnc(N4CCN5C(=O)OCC5C4)nc3)cc2n1Cc1cc(COC(c2ccccc2)(c2ccccc2)c2ccccc2)ccc1OC(F)F. The summed E-state index contributed by atoms with van der Waals surface area (Å²) < 4.78 is 48.2. The molecule has 7 aromatic rings. The maximum atomic E-state index is 13.9. The molecule has 0 bridgehead atoms. The van der Waals surface area contributed by atoms with E-state index in [1.807, 2.05) is 108 Å². The van der Waals surface area contributed by atoms with Crippen molar-refractivity contribution >= 4 is 22.9 Å². The molecule has 4 heterocycles. The van der Waals surface area contributed by atoms with E-state index in [9.17, 15) is 18.4 Å². The number of carbonyl (C=O) groups is 1. The van der Waals surface area contributed by atoms with Crippen molar-refractivity contribution in [2.24, 2.45) is 7.05 Å². The number of anilines is 1. The van der Waals surface area contributed by atoms with E-state index in [0.717, 1.165) is 33.4 Å². The third kappa shape index (κ3) is 7.18. The molecule has 9 rings (SSSR count). The van der Waals surface area contributed by atoms with Crippen LogP contribution in [0.3, 0.4) is 0 Å². The van der Waals surface area contributed by atoms with Crippen LogP contribution >= 0.6 is 0 Å². The molecule has 0 radical (unpaired) electrons. The van der Waals surface area contributed by atoms with Crippen LogP contribution in [0.25, 0.3) is 22.0 Å². The second kappa shape index (κ2) is 15.8. The van der Waals surface area contributed by atoms with Crippen LogP contribution in [0.2, 0.25) is 0 Å². The fourth-order valence-corrected chi connectivity index (χ4v) is 8.22. The summed E-state index contributed by atoms with van der Waals surface area (Å²) >= 11 is 0. The van der Waals surface area contributed by atoms with E-state index < -0.39 is 12.2 Å². The second-order valence-electron chi connectivity index (χ2n) is 14.6.